The molecule has 25 heavy (non-hydrogen) atoms. The van der Waals surface area contributed by atoms with E-state index in [1.807, 2.05) is 62.4 Å². The van der Waals surface area contributed by atoms with Crippen molar-refractivity contribution >= 4 is 30.3 Å². The molecule has 1 aliphatic rings. The van der Waals surface area contributed by atoms with Gasteiger partial charge in [-0.3, -0.25) is 0 Å². The second-order valence-electron chi connectivity index (χ2n) is 6.90. The molecule has 0 amide bonds. The van der Waals surface area contributed by atoms with Gasteiger partial charge in [0.15, 0.2) is 0 Å². The first-order valence-electron chi connectivity index (χ1n) is 9.19. The van der Waals surface area contributed by atoms with E-state index < -0.39 is 8.56 Å². The predicted molar refractivity (Wildman–Crippen MR) is 111 cm³/mol. The molecule has 0 radical (unpaired) electrons. The highest BCUT2D eigenvalue weighted by Crippen LogP contribution is 2.31. The summed E-state index contributed by atoms with van der Waals surface area (Å²) < 4.78 is 0. The van der Waals surface area contributed by atoms with Gasteiger partial charge in [-0.1, -0.05) is 71.0 Å². The van der Waals surface area contributed by atoms with Gasteiger partial charge in [0.05, 0.1) is 0 Å². The molecule has 0 aliphatic carbocycles. The monoisotopic (exact) mass is 359 g/mol. The first-order chi connectivity index (χ1) is 11.8. The van der Waals surface area contributed by atoms with E-state index in [1.54, 1.807) is 0 Å². The van der Waals surface area contributed by atoms with Gasteiger partial charge in [-0.2, -0.15) is 0 Å². The minimum absolute atomic E-state index is 0.257. The second kappa shape index (κ2) is 9.18. The van der Waals surface area contributed by atoms with Crippen LogP contribution in [0.15, 0.2) is 48.5 Å². The fraction of sp³-hybridized carbons (Fsp3) is 0.429. The van der Waals surface area contributed by atoms with Gasteiger partial charge in [-0.25, -0.2) is 0 Å². The normalized spacial score (nSPS) is 14.0. The lowest BCUT2D eigenvalue weighted by atomic mass is 10.1. The molecule has 138 valence electrons. The topological polar surface area (TPSA) is 43.7 Å². The third-order valence-electron chi connectivity index (χ3n) is 3.59. The Bertz CT molecular complexity index is 616. The molecular formula is C21H33NO2Si. The van der Waals surface area contributed by atoms with Crippen molar-refractivity contribution in [3.63, 3.8) is 0 Å². The Morgan fingerprint density at radius 2 is 1.04 bits per heavy atom. The lowest BCUT2D eigenvalue weighted by Gasteiger charge is -2.40. The van der Waals surface area contributed by atoms with Gasteiger partial charge in [-0.05, 0) is 31.9 Å². The molecule has 2 aromatic carbocycles. The standard InChI is InChI=1S/C15H17NO2Si.C4H10.C2H6/c1-11(2)16-12-7-3-5-9-14(12)19(17,18)15-10-6-4-8-13(15)16;1-4(2)3;1-2/h3-11,17-18H,1-2H3;4H,1-3H3;1-2H3. The Hall–Kier alpha value is -1.62. The lowest BCUT2D eigenvalue weighted by molar-refractivity contribution is 0.400. The Balaban J connectivity index is 0.000000461. The molecule has 0 saturated carbocycles. The highest BCUT2D eigenvalue weighted by Gasteiger charge is 2.44. The van der Waals surface area contributed by atoms with Gasteiger partial charge >= 0.3 is 8.56 Å². The molecule has 0 spiro atoms. The van der Waals surface area contributed by atoms with Crippen LogP contribution in [0.4, 0.5) is 11.4 Å². The predicted octanol–water partition coefficient (Wildman–Crippen LogP) is 3.78. The Kier molecular flexibility index (Phi) is 7.86. The Morgan fingerprint density at radius 3 is 1.36 bits per heavy atom. The molecule has 0 fully saturated rings. The second-order valence-corrected chi connectivity index (χ2v) is 9.32. The molecule has 3 nitrogen and oxygen atoms in total. The van der Waals surface area contributed by atoms with E-state index in [4.69, 9.17) is 0 Å². The van der Waals surface area contributed by atoms with Crippen LogP contribution in [0, 0.1) is 5.92 Å². The van der Waals surface area contributed by atoms with E-state index in [0.29, 0.717) is 10.4 Å². The Morgan fingerprint density at radius 1 is 0.720 bits per heavy atom. The fourth-order valence-electron chi connectivity index (χ4n) is 2.79. The zero-order chi connectivity index (χ0) is 19.2. The minimum Gasteiger partial charge on any atom is -0.404 e. The van der Waals surface area contributed by atoms with Crippen LogP contribution >= 0.6 is 0 Å². The molecule has 0 aromatic heterocycles. The van der Waals surface area contributed by atoms with Crippen LogP contribution < -0.4 is 15.3 Å². The molecule has 0 unspecified atom stereocenters. The van der Waals surface area contributed by atoms with Crippen molar-refractivity contribution in [1.82, 2.24) is 0 Å². The molecule has 2 aromatic rings. The number of nitrogens with zero attached hydrogens (tertiary/aromatic N) is 1. The van der Waals surface area contributed by atoms with E-state index >= 15 is 0 Å². The number of hydrogen-bond acceptors (Lipinski definition) is 3. The third-order valence-corrected chi connectivity index (χ3v) is 5.94. The van der Waals surface area contributed by atoms with Gasteiger partial charge in [0.25, 0.3) is 0 Å². The maximum Gasteiger partial charge on any atom is 0.405 e. The quantitative estimate of drug-likeness (QED) is 0.762. The average molecular weight is 360 g/mol. The van der Waals surface area contributed by atoms with Gasteiger partial charge in [0, 0.05) is 27.8 Å². The van der Waals surface area contributed by atoms with Crippen LogP contribution in [0.2, 0.25) is 0 Å². The van der Waals surface area contributed by atoms with Crippen LogP contribution in [0.25, 0.3) is 0 Å². The van der Waals surface area contributed by atoms with E-state index in [2.05, 4.69) is 39.5 Å². The number of para-hydroxylation sites is 2. The molecule has 1 aliphatic heterocycles. The number of anilines is 2. The zero-order valence-electron chi connectivity index (χ0n) is 16.6. The van der Waals surface area contributed by atoms with Crippen molar-refractivity contribution in [2.45, 2.75) is 54.5 Å². The summed E-state index contributed by atoms with van der Waals surface area (Å²) in [6, 6.07) is 15.4. The smallest absolute Gasteiger partial charge is 0.404 e. The molecule has 1 heterocycles. The molecular weight excluding hydrogens is 326 g/mol. The van der Waals surface area contributed by atoms with E-state index in [0.717, 1.165) is 17.3 Å². The maximum absolute atomic E-state index is 10.6. The molecule has 0 atom stereocenters. The molecule has 3 rings (SSSR count). The van der Waals surface area contributed by atoms with Gasteiger partial charge in [0.2, 0.25) is 0 Å². The summed E-state index contributed by atoms with van der Waals surface area (Å²) in [5.41, 5.74) is 1.82. The summed E-state index contributed by atoms with van der Waals surface area (Å²) in [5, 5.41) is 1.34. The van der Waals surface area contributed by atoms with Crippen LogP contribution in [0.3, 0.4) is 0 Å². The van der Waals surface area contributed by atoms with Gasteiger partial charge < -0.3 is 14.5 Å². The van der Waals surface area contributed by atoms with Crippen molar-refractivity contribution in [3.8, 4) is 0 Å². The van der Waals surface area contributed by atoms with Gasteiger partial charge in [0.1, 0.15) is 0 Å². The summed E-state index contributed by atoms with van der Waals surface area (Å²) in [7, 11) is -3.56. The summed E-state index contributed by atoms with van der Waals surface area (Å²) in [4.78, 5) is 23.5. The largest absolute Gasteiger partial charge is 0.405 e. The minimum atomic E-state index is -3.56. The van der Waals surface area contributed by atoms with Crippen molar-refractivity contribution < 1.29 is 9.59 Å². The van der Waals surface area contributed by atoms with Crippen molar-refractivity contribution in [3.05, 3.63) is 48.5 Å². The number of benzene rings is 2. The SMILES string of the molecule is CC.CC(C)C.CC(C)N1c2ccccc2[Si](O)(O)c2ccccc21. The molecule has 0 saturated heterocycles. The van der Waals surface area contributed by atoms with Crippen molar-refractivity contribution in [2.75, 3.05) is 4.90 Å². The first kappa shape index (κ1) is 21.4. The molecule has 2 N–H and O–H groups in total. The van der Waals surface area contributed by atoms with Crippen LogP contribution in [0.5, 0.6) is 0 Å². The van der Waals surface area contributed by atoms with Crippen molar-refractivity contribution in [2.24, 2.45) is 5.92 Å². The average Bonchev–Trinajstić information content (AvgIpc) is 2.56. The lowest BCUT2D eigenvalue weighted by Crippen LogP contribution is -2.64. The molecule has 4 heteroatoms. The maximum atomic E-state index is 10.6. The van der Waals surface area contributed by atoms with Crippen molar-refractivity contribution in [1.29, 1.82) is 0 Å². The number of rotatable bonds is 1. The highest BCUT2D eigenvalue weighted by molar-refractivity contribution is 6.93. The van der Waals surface area contributed by atoms with Crippen LogP contribution in [0.1, 0.15) is 48.5 Å². The summed E-state index contributed by atoms with van der Waals surface area (Å²) in [5.74, 6) is 0.833. The van der Waals surface area contributed by atoms with E-state index in [-0.39, 0.29) is 6.04 Å². The van der Waals surface area contributed by atoms with Crippen LogP contribution in [-0.2, 0) is 0 Å². The fourth-order valence-corrected chi connectivity index (χ4v) is 4.86. The van der Waals surface area contributed by atoms with Crippen LogP contribution in [-0.4, -0.2) is 24.2 Å². The first-order valence-corrected chi connectivity index (χ1v) is 11.1. The summed E-state index contributed by atoms with van der Waals surface area (Å²) in [6.07, 6.45) is 0. The number of hydrogen-bond donors (Lipinski definition) is 2. The van der Waals surface area contributed by atoms with E-state index in [9.17, 15) is 9.59 Å². The van der Waals surface area contributed by atoms with Gasteiger partial charge in [-0.15, -0.1) is 0 Å². The highest BCUT2D eigenvalue weighted by atomic mass is 28.4. The Labute approximate surface area is 154 Å². The number of fused-ring (bicyclic) bond motifs is 2. The van der Waals surface area contributed by atoms with E-state index in [1.165, 1.54) is 0 Å². The summed E-state index contributed by atoms with van der Waals surface area (Å²) in [6.45, 7) is 14.7. The summed E-state index contributed by atoms with van der Waals surface area (Å²) >= 11 is 0. The molecule has 0 bridgehead atoms. The third kappa shape index (κ3) is 4.72. The zero-order valence-corrected chi connectivity index (χ0v) is 17.6.